The van der Waals surface area contributed by atoms with Crippen LogP contribution in [-0.4, -0.2) is 20.0 Å². The molecule has 0 saturated heterocycles. The van der Waals surface area contributed by atoms with Gasteiger partial charge in [0.05, 0.1) is 12.7 Å². The fourth-order valence-electron chi connectivity index (χ4n) is 1.26. The van der Waals surface area contributed by atoms with Gasteiger partial charge < -0.3 is 9.47 Å². The molecule has 0 spiro atoms. The first-order valence-electron chi connectivity index (χ1n) is 5.35. The number of methoxy groups -OCH3 is 1. The normalized spacial score (nSPS) is 10.9. The molecule has 0 amide bonds. The quantitative estimate of drug-likeness (QED) is 0.558. The predicted molar refractivity (Wildman–Crippen MR) is 67.8 cm³/mol. The lowest BCUT2D eigenvalue weighted by atomic mass is 10.2. The van der Waals surface area contributed by atoms with Crippen molar-refractivity contribution in [1.29, 1.82) is 0 Å². The summed E-state index contributed by atoms with van der Waals surface area (Å²) in [6.07, 6.45) is 8.37. The minimum absolute atomic E-state index is 0.428. The topological polar surface area (TPSA) is 35.5 Å². The maximum Gasteiger partial charge on any atom is 0.153 e. The highest BCUT2D eigenvalue weighted by molar-refractivity contribution is 5.80. The SMILES string of the molecule is C/C=C/C=C/COc1ccc(OC)cc1C=O. The zero-order chi connectivity index (χ0) is 12.5. The molecular formula is C14H16O3. The monoisotopic (exact) mass is 232 g/mol. The van der Waals surface area contributed by atoms with Crippen LogP contribution in [0.15, 0.2) is 42.5 Å². The van der Waals surface area contributed by atoms with Crippen LogP contribution < -0.4 is 9.47 Å². The summed E-state index contributed by atoms with van der Waals surface area (Å²) in [5, 5.41) is 0. The summed E-state index contributed by atoms with van der Waals surface area (Å²) in [7, 11) is 1.56. The summed E-state index contributed by atoms with van der Waals surface area (Å²) >= 11 is 0. The summed E-state index contributed by atoms with van der Waals surface area (Å²) < 4.78 is 10.5. The van der Waals surface area contributed by atoms with Gasteiger partial charge in [-0.1, -0.05) is 18.2 Å². The standard InChI is InChI=1S/C14H16O3/c1-3-4-5-6-9-17-14-8-7-13(16-2)10-12(14)11-15/h3-8,10-11H,9H2,1-2H3/b4-3+,6-5+. The molecule has 0 saturated carbocycles. The lowest BCUT2D eigenvalue weighted by molar-refractivity contribution is 0.111. The third kappa shape index (κ3) is 4.15. The highest BCUT2D eigenvalue weighted by Crippen LogP contribution is 2.22. The minimum atomic E-state index is 0.428. The number of benzene rings is 1. The van der Waals surface area contributed by atoms with Crippen LogP contribution in [0.5, 0.6) is 11.5 Å². The molecule has 0 aliphatic rings. The molecule has 1 aromatic carbocycles. The van der Waals surface area contributed by atoms with Crippen molar-refractivity contribution in [2.45, 2.75) is 6.92 Å². The second-order valence-electron chi connectivity index (χ2n) is 3.29. The van der Waals surface area contributed by atoms with Crippen LogP contribution in [0.2, 0.25) is 0 Å². The largest absolute Gasteiger partial charge is 0.497 e. The Morgan fingerprint density at radius 3 is 2.76 bits per heavy atom. The summed E-state index contributed by atoms with van der Waals surface area (Å²) in [6, 6.07) is 5.14. The number of hydrogen-bond acceptors (Lipinski definition) is 3. The van der Waals surface area contributed by atoms with Crippen molar-refractivity contribution in [1.82, 2.24) is 0 Å². The molecule has 3 nitrogen and oxygen atoms in total. The maximum absolute atomic E-state index is 10.9. The summed E-state index contributed by atoms with van der Waals surface area (Å²) in [6.45, 7) is 2.37. The molecule has 1 rings (SSSR count). The predicted octanol–water partition coefficient (Wildman–Crippen LogP) is 3.02. The smallest absolute Gasteiger partial charge is 0.153 e. The van der Waals surface area contributed by atoms with Crippen molar-refractivity contribution in [3.8, 4) is 11.5 Å². The number of carbonyl (C=O) groups excluding carboxylic acids is 1. The maximum atomic E-state index is 10.9. The molecule has 0 unspecified atom stereocenters. The minimum Gasteiger partial charge on any atom is -0.497 e. The number of rotatable bonds is 6. The van der Waals surface area contributed by atoms with Crippen LogP contribution >= 0.6 is 0 Å². The van der Waals surface area contributed by atoms with Gasteiger partial charge in [0, 0.05) is 0 Å². The number of allylic oxidation sites excluding steroid dienone is 3. The highest BCUT2D eigenvalue weighted by atomic mass is 16.5. The Balaban J connectivity index is 2.67. The fraction of sp³-hybridized carbons (Fsp3) is 0.214. The lowest BCUT2D eigenvalue weighted by Crippen LogP contribution is -1.97. The van der Waals surface area contributed by atoms with Crippen molar-refractivity contribution in [3.63, 3.8) is 0 Å². The molecule has 1 aromatic rings. The Morgan fingerprint density at radius 1 is 1.29 bits per heavy atom. The first kappa shape index (κ1) is 13.0. The molecule has 0 radical (unpaired) electrons. The molecular weight excluding hydrogens is 216 g/mol. The molecule has 0 aliphatic carbocycles. The zero-order valence-corrected chi connectivity index (χ0v) is 10.1. The van der Waals surface area contributed by atoms with Crippen LogP contribution in [0, 0.1) is 0 Å². The number of hydrogen-bond donors (Lipinski definition) is 0. The van der Waals surface area contributed by atoms with Crippen LogP contribution in [0.1, 0.15) is 17.3 Å². The molecule has 0 fully saturated rings. The molecule has 0 aromatic heterocycles. The van der Waals surface area contributed by atoms with E-state index >= 15 is 0 Å². The van der Waals surface area contributed by atoms with Crippen molar-refractivity contribution in [2.75, 3.05) is 13.7 Å². The van der Waals surface area contributed by atoms with E-state index in [1.807, 2.05) is 31.2 Å². The van der Waals surface area contributed by atoms with Gasteiger partial charge in [-0.25, -0.2) is 0 Å². The van der Waals surface area contributed by atoms with E-state index in [4.69, 9.17) is 9.47 Å². The van der Waals surface area contributed by atoms with Crippen LogP contribution in [0.25, 0.3) is 0 Å². The van der Waals surface area contributed by atoms with E-state index in [0.717, 1.165) is 6.29 Å². The van der Waals surface area contributed by atoms with Gasteiger partial charge >= 0.3 is 0 Å². The molecule has 17 heavy (non-hydrogen) atoms. The van der Waals surface area contributed by atoms with E-state index < -0.39 is 0 Å². The van der Waals surface area contributed by atoms with Gasteiger partial charge in [0.1, 0.15) is 18.1 Å². The fourth-order valence-corrected chi connectivity index (χ4v) is 1.26. The second-order valence-corrected chi connectivity index (χ2v) is 3.29. The van der Waals surface area contributed by atoms with Crippen molar-refractivity contribution in [2.24, 2.45) is 0 Å². The lowest BCUT2D eigenvalue weighted by Gasteiger charge is -2.07. The summed E-state index contributed by atoms with van der Waals surface area (Å²) in [5.74, 6) is 1.20. The van der Waals surface area contributed by atoms with Crippen LogP contribution in [0.3, 0.4) is 0 Å². The Hall–Kier alpha value is -2.03. The molecule has 0 bridgehead atoms. The van der Waals surface area contributed by atoms with Crippen molar-refractivity contribution in [3.05, 3.63) is 48.1 Å². The first-order valence-corrected chi connectivity index (χ1v) is 5.35. The zero-order valence-electron chi connectivity index (χ0n) is 10.1. The molecule has 90 valence electrons. The molecule has 3 heteroatoms. The van der Waals surface area contributed by atoms with E-state index in [1.54, 1.807) is 25.3 Å². The Kier molecular flexibility index (Phi) is 5.58. The molecule has 0 aliphatic heterocycles. The van der Waals surface area contributed by atoms with E-state index in [0.29, 0.717) is 23.7 Å². The van der Waals surface area contributed by atoms with Gasteiger partial charge in [-0.15, -0.1) is 0 Å². The summed E-state index contributed by atoms with van der Waals surface area (Å²) in [4.78, 5) is 10.9. The number of aldehydes is 1. The molecule has 0 heterocycles. The van der Waals surface area contributed by atoms with Gasteiger partial charge in [-0.2, -0.15) is 0 Å². The number of ether oxygens (including phenoxy) is 2. The van der Waals surface area contributed by atoms with Gasteiger partial charge in [0.15, 0.2) is 6.29 Å². The Labute approximate surface area is 101 Å². The summed E-state index contributed by atoms with van der Waals surface area (Å²) in [5.41, 5.74) is 0.490. The highest BCUT2D eigenvalue weighted by Gasteiger charge is 2.03. The van der Waals surface area contributed by atoms with Gasteiger partial charge in [0.25, 0.3) is 0 Å². The van der Waals surface area contributed by atoms with Gasteiger partial charge in [-0.05, 0) is 31.2 Å². The van der Waals surface area contributed by atoms with E-state index in [2.05, 4.69) is 0 Å². The van der Waals surface area contributed by atoms with Crippen LogP contribution in [-0.2, 0) is 0 Å². The number of carbonyl (C=O) groups is 1. The molecule has 0 atom stereocenters. The van der Waals surface area contributed by atoms with Gasteiger partial charge in [-0.3, -0.25) is 4.79 Å². The second kappa shape index (κ2) is 7.28. The van der Waals surface area contributed by atoms with Crippen molar-refractivity contribution >= 4 is 6.29 Å². The average Bonchev–Trinajstić information content (AvgIpc) is 2.38. The van der Waals surface area contributed by atoms with Crippen LogP contribution in [0.4, 0.5) is 0 Å². The Morgan fingerprint density at radius 2 is 2.12 bits per heavy atom. The average molecular weight is 232 g/mol. The van der Waals surface area contributed by atoms with Gasteiger partial charge in [0.2, 0.25) is 0 Å². The van der Waals surface area contributed by atoms with E-state index in [1.165, 1.54) is 0 Å². The third-order valence-corrected chi connectivity index (χ3v) is 2.12. The van der Waals surface area contributed by atoms with E-state index in [-0.39, 0.29) is 0 Å². The third-order valence-electron chi connectivity index (χ3n) is 2.12. The molecule has 0 N–H and O–H groups in total. The Bertz CT molecular complexity index is 419. The van der Waals surface area contributed by atoms with E-state index in [9.17, 15) is 4.79 Å². The first-order chi connectivity index (χ1) is 8.31. The van der Waals surface area contributed by atoms with Crippen molar-refractivity contribution < 1.29 is 14.3 Å².